The fourth-order valence-corrected chi connectivity index (χ4v) is 1.37. The van der Waals surface area contributed by atoms with Gasteiger partial charge in [-0.15, -0.1) is 0 Å². The number of rotatable bonds is 5. The lowest BCUT2D eigenvalue weighted by Crippen LogP contribution is -2.18. The fraction of sp³-hybridized carbons (Fsp3) is 0.500. The highest BCUT2D eigenvalue weighted by atomic mass is 16.7. The maximum absolute atomic E-state index is 11.0. The molecule has 1 aliphatic rings. The first-order chi connectivity index (χ1) is 8.78. The Kier molecular flexibility index (Phi) is 4.49. The quantitative estimate of drug-likeness (QED) is 0.733. The van der Waals surface area contributed by atoms with Gasteiger partial charge in [0.25, 0.3) is 0 Å². The SMILES string of the molecule is CCC(=O)Oc1ccc(OCC2OCCO2)cn1. The van der Waals surface area contributed by atoms with E-state index in [1.54, 1.807) is 19.1 Å². The second kappa shape index (κ2) is 6.32. The van der Waals surface area contributed by atoms with Crippen LogP contribution in [0.4, 0.5) is 0 Å². The number of esters is 1. The molecule has 98 valence electrons. The molecule has 0 unspecified atom stereocenters. The van der Waals surface area contributed by atoms with Crippen LogP contribution in [-0.2, 0) is 14.3 Å². The first kappa shape index (κ1) is 12.8. The van der Waals surface area contributed by atoms with Gasteiger partial charge in [-0.3, -0.25) is 4.79 Å². The molecule has 1 aromatic heterocycles. The third-order valence-electron chi connectivity index (χ3n) is 2.29. The van der Waals surface area contributed by atoms with Crippen molar-refractivity contribution in [2.24, 2.45) is 0 Å². The highest BCUT2D eigenvalue weighted by molar-refractivity contribution is 5.71. The minimum Gasteiger partial charge on any atom is -0.487 e. The lowest BCUT2D eigenvalue weighted by atomic mass is 10.4. The van der Waals surface area contributed by atoms with Crippen molar-refractivity contribution < 1.29 is 23.7 Å². The second-order valence-corrected chi connectivity index (χ2v) is 3.64. The van der Waals surface area contributed by atoms with E-state index in [-0.39, 0.29) is 18.1 Å². The van der Waals surface area contributed by atoms with Crippen LogP contribution in [0.25, 0.3) is 0 Å². The molecule has 2 rings (SSSR count). The molecule has 6 heteroatoms. The van der Waals surface area contributed by atoms with Crippen molar-refractivity contribution in [2.75, 3.05) is 19.8 Å². The highest BCUT2D eigenvalue weighted by Crippen LogP contribution is 2.15. The molecule has 0 N–H and O–H groups in total. The molecule has 1 fully saturated rings. The third kappa shape index (κ3) is 3.68. The third-order valence-corrected chi connectivity index (χ3v) is 2.29. The van der Waals surface area contributed by atoms with Crippen molar-refractivity contribution >= 4 is 5.97 Å². The van der Waals surface area contributed by atoms with Crippen LogP contribution in [0.5, 0.6) is 11.6 Å². The number of nitrogens with zero attached hydrogens (tertiary/aromatic N) is 1. The predicted molar refractivity (Wildman–Crippen MR) is 61.4 cm³/mol. The summed E-state index contributed by atoms with van der Waals surface area (Å²) in [5.41, 5.74) is 0. The molecule has 18 heavy (non-hydrogen) atoms. The number of hydrogen-bond acceptors (Lipinski definition) is 6. The van der Waals surface area contributed by atoms with Crippen LogP contribution in [-0.4, -0.2) is 37.1 Å². The standard InChI is InChI=1S/C12H15NO5/c1-2-11(14)18-10-4-3-9(7-13-10)17-8-12-15-5-6-16-12/h3-4,7,12H,2,5-6,8H2,1H3. The van der Waals surface area contributed by atoms with Crippen LogP contribution in [0.3, 0.4) is 0 Å². The van der Waals surface area contributed by atoms with Crippen molar-refractivity contribution in [1.29, 1.82) is 0 Å². The summed E-state index contributed by atoms with van der Waals surface area (Å²) in [7, 11) is 0. The number of carbonyl (C=O) groups excluding carboxylic acids is 1. The van der Waals surface area contributed by atoms with Crippen LogP contribution in [0.1, 0.15) is 13.3 Å². The molecule has 1 aromatic rings. The molecule has 1 aliphatic heterocycles. The number of carbonyl (C=O) groups is 1. The van der Waals surface area contributed by atoms with Crippen molar-refractivity contribution in [3.63, 3.8) is 0 Å². The van der Waals surface area contributed by atoms with Crippen molar-refractivity contribution in [1.82, 2.24) is 4.98 Å². The summed E-state index contributed by atoms with van der Waals surface area (Å²) in [6, 6.07) is 3.26. The molecule has 0 saturated carbocycles. The summed E-state index contributed by atoms with van der Waals surface area (Å²) < 4.78 is 20.8. The van der Waals surface area contributed by atoms with E-state index < -0.39 is 0 Å². The molecule has 1 saturated heterocycles. The molecule has 0 spiro atoms. The zero-order valence-corrected chi connectivity index (χ0v) is 10.1. The fourth-order valence-electron chi connectivity index (χ4n) is 1.37. The molecular weight excluding hydrogens is 238 g/mol. The molecule has 0 bridgehead atoms. The van der Waals surface area contributed by atoms with Gasteiger partial charge in [-0.25, -0.2) is 4.98 Å². The Hall–Kier alpha value is -1.66. The zero-order chi connectivity index (χ0) is 12.8. The van der Waals surface area contributed by atoms with E-state index in [0.717, 1.165) is 0 Å². The van der Waals surface area contributed by atoms with Gasteiger partial charge in [-0.2, -0.15) is 0 Å². The van der Waals surface area contributed by atoms with Gasteiger partial charge in [-0.1, -0.05) is 6.92 Å². The Bertz CT molecular complexity index is 386. The van der Waals surface area contributed by atoms with E-state index in [9.17, 15) is 4.79 Å². The molecule has 2 heterocycles. The van der Waals surface area contributed by atoms with Crippen molar-refractivity contribution in [2.45, 2.75) is 19.6 Å². The van der Waals surface area contributed by atoms with Gasteiger partial charge in [0.1, 0.15) is 12.4 Å². The summed E-state index contributed by atoms with van der Waals surface area (Å²) >= 11 is 0. The number of hydrogen-bond donors (Lipinski definition) is 0. The Morgan fingerprint density at radius 2 is 2.22 bits per heavy atom. The summed E-state index contributed by atoms with van der Waals surface area (Å²) in [6.07, 6.45) is 1.49. The smallest absolute Gasteiger partial charge is 0.312 e. The maximum Gasteiger partial charge on any atom is 0.312 e. The second-order valence-electron chi connectivity index (χ2n) is 3.64. The predicted octanol–water partition coefficient (Wildman–Crippen LogP) is 1.15. The van der Waals surface area contributed by atoms with Gasteiger partial charge in [0, 0.05) is 12.5 Å². The Balaban J connectivity index is 1.81. The van der Waals surface area contributed by atoms with E-state index in [0.29, 0.717) is 32.0 Å². The largest absolute Gasteiger partial charge is 0.487 e. The van der Waals surface area contributed by atoms with Crippen LogP contribution >= 0.6 is 0 Å². The minimum absolute atomic E-state index is 0.266. The van der Waals surface area contributed by atoms with Crippen molar-refractivity contribution in [3.8, 4) is 11.6 Å². The van der Waals surface area contributed by atoms with Crippen LogP contribution in [0.2, 0.25) is 0 Å². The Morgan fingerprint density at radius 1 is 1.44 bits per heavy atom. The topological polar surface area (TPSA) is 66.9 Å². The van der Waals surface area contributed by atoms with E-state index in [1.165, 1.54) is 6.20 Å². The van der Waals surface area contributed by atoms with Crippen LogP contribution in [0.15, 0.2) is 18.3 Å². The molecular formula is C12H15NO5. The summed E-state index contributed by atoms with van der Waals surface area (Å²) in [4.78, 5) is 15.0. The lowest BCUT2D eigenvalue weighted by molar-refractivity contribution is -0.134. The highest BCUT2D eigenvalue weighted by Gasteiger charge is 2.16. The Morgan fingerprint density at radius 3 is 2.83 bits per heavy atom. The minimum atomic E-state index is -0.317. The molecule has 6 nitrogen and oxygen atoms in total. The first-order valence-electron chi connectivity index (χ1n) is 5.80. The maximum atomic E-state index is 11.0. The van der Waals surface area contributed by atoms with Gasteiger partial charge < -0.3 is 18.9 Å². The molecule has 0 amide bonds. The molecule has 0 aliphatic carbocycles. The van der Waals surface area contributed by atoms with Gasteiger partial charge >= 0.3 is 5.97 Å². The summed E-state index contributed by atoms with van der Waals surface area (Å²) in [5, 5.41) is 0. The number of aromatic nitrogens is 1. The van der Waals surface area contributed by atoms with Gasteiger partial charge in [0.15, 0.2) is 6.29 Å². The molecule has 0 atom stereocenters. The molecule has 0 radical (unpaired) electrons. The Labute approximate surface area is 105 Å². The van der Waals surface area contributed by atoms with Gasteiger partial charge in [-0.05, 0) is 6.07 Å². The normalized spacial score (nSPS) is 15.6. The van der Waals surface area contributed by atoms with E-state index in [1.807, 2.05) is 0 Å². The summed E-state index contributed by atoms with van der Waals surface area (Å²) in [5.74, 6) is 0.525. The van der Waals surface area contributed by atoms with Gasteiger partial charge in [0.2, 0.25) is 5.88 Å². The average molecular weight is 253 g/mol. The lowest BCUT2D eigenvalue weighted by Gasteiger charge is -2.10. The van der Waals surface area contributed by atoms with E-state index in [2.05, 4.69) is 4.98 Å². The van der Waals surface area contributed by atoms with Crippen LogP contribution in [0, 0.1) is 0 Å². The molecule has 0 aromatic carbocycles. The van der Waals surface area contributed by atoms with E-state index in [4.69, 9.17) is 18.9 Å². The zero-order valence-electron chi connectivity index (χ0n) is 10.1. The number of ether oxygens (including phenoxy) is 4. The average Bonchev–Trinajstić information content (AvgIpc) is 2.91. The van der Waals surface area contributed by atoms with Crippen LogP contribution < -0.4 is 9.47 Å². The summed E-state index contributed by atoms with van der Waals surface area (Å²) in [6.45, 7) is 3.23. The first-order valence-corrected chi connectivity index (χ1v) is 5.80. The number of pyridine rings is 1. The van der Waals surface area contributed by atoms with E-state index >= 15 is 0 Å². The van der Waals surface area contributed by atoms with Gasteiger partial charge in [0.05, 0.1) is 19.4 Å². The monoisotopic (exact) mass is 253 g/mol. The van der Waals surface area contributed by atoms with Crippen molar-refractivity contribution in [3.05, 3.63) is 18.3 Å².